The molecular weight excluding hydrogens is 186 g/mol. The largest absolute Gasteiger partial charge is 0.234 e. The fraction of sp³-hybridized carbons (Fsp3) is 0.462. The summed E-state index contributed by atoms with van der Waals surface area (Å²) in [4.78, 5) is 13.4. The van der Waals surface area contributed by atoms with Gasteiger partial charge in [-0.15, -0.1) is 0 Å². The number of benzene rings is 1. The Kier molecular flexibility index (Phi) is 3.81. The smallest absolute Gasteiger partial charge is 0.211 e. The molecular formula is C13H17NO. The van der Waals surface area contributed by atoms with Crippen LogP contribution >= 0.6 is 0 Å². The van der Waals surface area contributed by atoms with Crippen molar-refractivity contribution in [3.63, 3.8) is 0 Å². The molecule has 1 aromatic carbocycles. The average Bonchev–Trinajstić information content (AvgIpc) is 2.18. The van der Waals surface area contributed by atoms with Gasteiger partial charge in [0.25, 0.3) is 0 Å². The lowest BCUT2D eigenvalue weighted by Crippen LogP contribution is -2.10. The lowest BCUT2D eigenvalue weighted by molar-refractivity contribution is 0.563. The minimum atomic E-state index is 0.194. The molecule has 0 radical (unpaired) electrons. The van der Waals surface area contributed by atoms with Crippen LogP contribution in [0.25, 0.3) is 0 Å². The van der Waals surface area contributed by atoms with Crippen LogP contribution in [0.2, 0.25) is 0 Å². The van der Waals surface area contributed by atoms with Crippen molar-refractivity contribution in [3.8, 4) is 0 Å². The summed E-state index contributed by atoms with van der Waals surface area (Å²) in [5.41, 5.74) is 2.73. The first-order chi connectivity index (χ1) is 7.04. The van der Waals surface area contributed by atoms with Gasteiger partial charge in [0.05, 0.1) is 6.54 Å². The number of hydrogen-bond acceptors (Lipinski definition) is 2. The molecule has 2 nitrogen and oxygen atoms in total. The molecule has 0 amide bonds. The van der Waals surface area contributed by atoms with Crippen LogP contribution in [0.3, 0.4) is 0 Å². The van der Waals surface area contributed by atoms with Crippen LogP contribution in [-0.2, 0) is 16.6 Å². The lowest BCUT2D eigenvalue weighted by atomic mass is 9.86. The molecule has 0 aliphatic heterocycles. The van der Waals surface area contributed by atoms with Crippen molar-refractivity contribution in [3.05, 3.63) is 35.4 Å². The van der Waals surface area contributed by atoms with Crippen LogP contribution in [0.5, 0.6) is 0 Å². The molecule has 0 saturated carbocycles. The summed E-state index contributed by atoms with van der Waals surface area (Å²) in [6.45, 7) is 7.11. The first kappa shape index (κ1) is 11.7. The summed E-state index contributed by atoms with van der Waals surface area (Å²) in [6.07, 6.45) is 2.35. The molecule has 0 spiro atoms. The lowest BCUT2D eigenvalue weighted by Gasteiger charge is -2.19. The second-order valence-corrected chi connectivity index (χ2v) is 4.67. The van der Waals surface area contributed by atoms with Crippen molar-refractivity contribution in [1.29, 1.82) is 0 Å². The molecule has 0 unspecified atom stereocenters. The van der Waals surface area contributed by atoms with Crippen LogP contribution in [0.1, 0.15) is 31.9 Å². The molecule has 0 aliphatic rings. The molecule has 0 saturated heterocycles. The number of carbonyl (C=O) groups excluding carboxylic acids is 1. The molecule has 1 aromatic rings. The third kappa shape index (κ3) is 3.69. The van der Waals surface area contributed by atoms with Crippen LogP contribution in [0.4, 0.5) is 0 Å². The Labute approximate surface area is 91.0 Å². The Morgan fingerprint density at radius 1 is 1.20 bits per heavy atom. The summed E-state index contributed by atoms with van der Waals surface area (Å²) in [5.74, 6) is 0. The Bertz CT molecular complexity index is 353. The molecule has 0 heterocycles. The molecule has 0 N–H and O–H groups in total. The van der Waals surface area contributed by atoms with Crippen molar-refractivity contribution < 1.29 is 4.79 Å². The highest BCUT2D eigenvalue weighted by atomic mass is 16.1. The maximum atomic E-state index is 9.89. The van der Waals surface area contributed by atoms with Crippen molar-refractivity contribution in [2.24, 2.45) is 4.99 Å². The highest BCUT2D eigenvalue weighted by Crippen LogP contribution is 2.22. The van der Waals surface area contributed by atoms with Gasteiger partial charge in [-0.3, -0.25) is 0 Å². The summed E-state index contributed by atoms with van der Waals surface area (Å²) < 4.78 is 0. The van der Waals surface area contributed by atoms with E-state index >= 15 is 0 Å². The highest BCUT2D eigenvalue weighted by molar-refractivity contribution is 5.33. The fourth-order valence-electron chi connectivity index (χ4n) is 1.40. The van der Waals surface area contributed by atoms with Gasteiger partial charge in [0.1, 0.15) is 0 Å². The van der Waals surface area contributed by atoms with Gasteiger partial charge in [-0.1, -0.05) is 45.0 Å². The molecule has 0 bridgehead atoms. The minimum Gasteiger partial charge on any atom is -0.211 e. The average molecular weight is 203 g/mol. The number of aliphatic imine (C=N–C) groups is 1. The zero-order valence-electron chi connectivity index (χ0n) is 9.58. The summed E-state index contributed by atoms with van der Waals surface area (Å²) in [6, 6.07) is 8.47. The topological polar surface area (TPSA) is 29.4 Å². The van der Waals surface area contributed by atoms with Crippen molar-refractivity contribution in [1.82, 2.24) is 0 Å². The maximum absolute atomic E-state index is 9.89. The SMILES string of the molecule is CC(C)(C)c1ccc(CCN=C=O)cc1. The standard InChI is InChI=1S/C13H17NO/c1-13(2,3)12-6-4-11(5-7-12)8-9-14-10-15/h4-7H,8-9H2,1-3H3. The van der Waals surface area contributed by atoms with Gasteiger partial charge in [0.2, 0.25) is 6.08 Å². The number of rotatable bonds is 3. The monoisotopic (exact) mass is 203 g/mol. The molecule has 0 fully saturated rings. The molecule has 0 aromatic heterocycles. The third-order valence-corrected chi connectivity index (χ3v) is 2.40. The fourth-order valence-corrected chi connectivity index (χ4v) is 1.40. The zero-order valence-corrected chi connectivity index (χ0v) is 9.58. The van der Waals surface area contributed by atoms with E-state index in [0.717, 1.165) is 6.42 Å². The van der Waals surface area contributed by atoms with E-state index in [1.807, 2.05) is 0 Å². The quantitative estimate of drug-likeness (QED) is 0.548. The summed E-state index contributed by atoms with van der Waals surface area (Å²) in [5, 5.41) is 0. The number of isocyanates is 1. The van der Waals surface area contributed by atoms with Crippen LogP contribution in [0.15, 0.2) is 29.3 Å². The predicted octanol–water partition coefficient (Wildman–Crippen LogP) is 2.86. The predicted molar refractivity (Wildman–Crippen MR) is 61.8 cm³/mol. The zero-order chi connectivity index (χ0) is 11.3. The van der Waals surface area contributed by atoms with Gasteiger partial charge in [-0.2, -0.15) is 0 Å². The van der Waals surface area contributed by atoms with Gasteiger partial charge < -0.3 is 0 Å². The first-order valence-electron chi connectivity index (χ1n) is 5.17. The first-order valence-corrected chi connectivity index (χ1v) is 5.17. The van der Waals surface area contributed by atoms with Crippen molar-refractivity contribution >= 4 is 6.08 Å². The number of nitrogens with zero attached hydrogens (tertiary/aromatic N) is 1. The van der Waals surface area contributed by atoms with Crippen molar-refractivity contribution in [2.45, 2.75) is 32.6 Å². The van der Waals surface area contributed by atoms with E-state index in [-0.39, 0.29) is 5.41 Å². The molecule has 2 heteroatoms. The van der Waals surface area contributed by atoms with Gasteiger partial charge in [0, 0.05) is 0 Å². The van der Waals surface area contributed by atoms with Crippen LogP contribution in [0, 0.1) is 0 Å². The molecule has 0 aliphatic carbocycles. The maximum Gasteiger partial charge on any atom is 0.234 e. The van der Waals surface area contributed by atoms with E-state index in [0.29, 0.717) is 6.54 Å². The van der Waals surface area contributed by atoms with E-state index < -0.39 is 0 Å². The van der Waals surface area contributed by atoms with E-state index in [2.05, 4.69) is 50.0 Å². The second-order valence-electron chi connectivity index (χ2n) is 4.67. The third-order valence-electron chi connectivity index (χ3n) is 2.40. The second kappa shape index (κ2) is 4.90. The van der Waals surface area contributed by atoms with E-state index in [1.54, 1.807) is 6.08 Å². The Morgan fingerprint density at radius 3 is 2.27 bits per heavy atom. The molecule has 80 valence electrons. The Balaban J connectivity index is 2.68. The van der Waals surface area contributed by atoms with E-state index in [4.69, 9.17) is 0 Å². The summed E-state index contributed by atoms with van der Waals surface area (Å²) in [7, 11) is 0. The van der Waals surface area contributed by atoms with Gasteiger partial charge in [0.15, 0.2) is 0 Å². The number of hydrogen-bond donors (Lipinski definition) is 0. The normalized spacial score (nSPS) is 10.9. The van der Waals surface area contributed by atoms with Crippen LogP contribution in [-0.4, -0.2) is 12.6 Å². The summed E-state index contributed by atoms with van der Waals surface area (Å²) >= 11 is 0. The van der Waals surface area contributed by atoms with Gasteiger partial charge in [-0.25, -0.2) is 9.79 Å². The van der Waals surface area contributed by atoms with Crippen LogP contribution < -0.4 is 0 Å². The van der Waals surface area contributed by atoms with Crippen molar-refractivity contribution in [2.75, 3.05) is 6.54 Å². The Morgan fingerprint density at radius 2 is 1.80 bits per heavy atom. The molecule has 15 heavy (non-hydrogen) atoms. The van der Waals surface area contributed by atoms with E-state index in [9.17, 15) is 4.79 Å². The molecule has 1 rings (SSSR count). The molecule has 0 atom stereocenters. The van der Waals surface area contributed by atoms with Gasteiger partial charge >= 0.3 is 0 Å². The highest BCUT2D eigenvalue weighted by Gasteiger charge is 2.12. The minimum absolute atomic E-state index is 0.194. The Hall–Kier alpha value is -1.40. The van der Waals surface area contributed by atoms with E-state index in [1.165, 1.54) is 11.1 Å². The van der Waals surface area contributed by atoms with Gasteiger partial charge in [-0.05, 0) is 23.0 Å².